The molecule has 4 saturated carbocycles. The van der Waals surface area contributed by atoms with Gasteiger partial charge in [-0.05, 0) is 123 Å². The van der Waals surface area contributed by atoms with Crippen LogP contribution in [0.1, 0.15) is 180 Å². The third kappa shape index (κ3) is 11.5. The third-order valence-corrected chi connectivity index (χ3v) is 10.9. The molecule has 9 atom stereocenters. The molecule has 4 rings (SSSR count). The fourth-order valence-corrected chi connectivity index (χ4v) is 8.77. The number of fused-ring (bicyclic) bond motifs is 5. The quantitative estimate of drug-likeness (QED) is 0.310. The molecular weight excluding hydrogens is 470 g/mol. The van der Waals surface area contributed by atoms with E-state index >= 15 is 0 Å². The Balaban J connectivity index is 0. The molecular formula is C38H79N. The molecule has 0 radical (unpaired) electrons. The van der Waals surface area contributed by atoms with E-state index in [0.717, 1.165) is 41.4 Å². The van der Waals surface area contributed by atoms with Gasteiger partial charge in [0.2, 0.25) is 0 Å². The van der Waals surface area contributed by atoms with Crippen molar-refractivity contribution in [2.45, 2.75) is 180 Å². The van der Waals surface area contributed by atoms with E-state index in [4.69, 9.17) is 0 Å². The monoisotopic (exact) mass is 550 g/mol. The minimum Gasteiger partial charge on any atom is -0.301 e. The maximum Gasteiger partial charge on any atom is 0.0273 e. The van der Waals surface area contributed by atoms with Crippen molar-refractivity contribution in [1.29, 1.82) is 0 Å². The van der Waals surface area contributed by atoms with E-state index in [1.165, 1.54) is 32.1 Å². The largest absolute Gasteiger partial charge is 0.301 e. The molecule has 39 heavy (non-hydrogen) atoms. The highest BCUT2D eigenvalue weighted by Crippen LogP contribution is 2.66. The van der Waals surface area contributed by atoms with E-state index in [1.807, 2.05) is 34.6 Å². The maximum atomic E-state index is 3.61. The van der Waals surface area contributed by atoms with Crippen LogP contribution in [-0.2, 0) is 0 Å². The van der Waals surface area contributed by atoms with Crippen LogP contribution in [0.15, 0.2) is 4.99 Å². The van der Waals surface area contributed by atoms with Gasteiger partial charge in [0.1, 0.15) is 0 Å². The molecule has 0 bridgehead atoms. The van der Waals surface area contributed by atoms with E-state index < -0.39 is 0 Å². The molecule has 0 spiro atoms. The van der Waals surface area contributed by atoms with Crippen molar-refractivity contribution in [3.05, 3.63) is 0 Å². The van der Waals surface area contributed by atoms with Crippen molar-refractivity contribution in [2.24, 2.45) is 57.2 Å². The summed E-state index contributed by atoms with van der Waals surface area (Å²) in [6.07, 6.45) is 21.1. The van der Waals surface area contributed by atoms with Gasteiger partial charge in [0.15, 0.2) is 0 Å². The van der Waals surface area contributed by atoms with E-state index in [9.17, 15) is 0 Å². The van der Waals surface area contributed by atoms with Crippen LogP contribution in [0.2, 0.25) is 0 Å². The Morgan fingerprint density at radius 2 is 1.26 bits per heavy atom. The number of hydrogen-bond donors (Lipinski definition) is 0. The molecule has 4 aliphatic carbocycles. The van der Waals surface area contributed by atoms with E-state index in [1.54, 1.807) is 64.6 Å². The van der Waals surface area contributed by atoms with E-state index in [-0.39, 0.29) is 0 Å². The molecule has 0 saturated heterocycles. The average molecular weight is 550 g/mol. The second kappa shape index (κ2) is 22.3. The van der Waals surface area contributed by atoms with Gasteiger partial charge in [-0.25, -0.2) is 0 Å². The zero-order valence-electron chi connectivity index (χ0n) is 30.3. The Hall–Kier alpha value is -0.330. The molecule has 0 aromatic rings. The van der Waals surface area contributed by atoms with E-state index in [0.29, 0.717) is 10.8 Å². The molecule has 1 heteroatoms. The van der Waals surface area contributed by atoms with Gasteiger partial charge in [0.25, 0.3) is 0 Å². The number of rotatable bonds is 3. The molecule has 4 fully saturated rings. The summed E-state index contributed by atoms with van der Waals surface area (Å²) >= 11 is 0. The highest BCUT2D eigenvalue weighted by Gasteiger charge is 2.57. The van der Waals surface area contributed by atoms with Crippen LogP contribution in [0.3, 0.4) is 0 Å². The fourth-order valence-electron chi connectivity index (χ4n) is 8.77. The Morgan fingerprint density at radius 3 is 1.72 bits per heavy atom. The highest BCUT2D eigenvalue weighted by molar-refractivity contribution is 5.52. The molecule has 0 aromatic carbocycles. The SMILES string of the molecule is CC.CC.CC=NC.CCC.CCC.CC[C@@H](C)C1CCC2C3CCC4C[C@@](C)(CC)CCC4C3CCC21C. The third-order valence-electron chi connectivity index (χ3n) is 10.9. The van der Waals surface area contributed by atoms with Crippen LogP contribution in [-0.4, -0.2) is 13.3 Å². The smallest absolute Gasteiger partial charge is 0.0273 e. The highest BCUT2D eigenvalue weighted by atomic mass is 14.6. The van der Waals surface area contributed by atoms with Crippen LogP contribution in [0.25, 0.3) is 0 Å². The molecule has 0 aliphatic heterocycles. The van der Waals surface area contributed by atoms with Gasteiger partial charge in [-0.1, -0.05) is 116 Å². The Kier molecular flexibility index (Phi) is 23.3. The Labute approximate surface area is 250 Å². The molecule has 0 N–H and O–H groups in total. The molecule has 4 aliphatic rings. The van der Waals surface area contributed by atoms with Crippen molar-refractivity contribution in [3.63, 3.8) is 0 Å². The number of nitrogens with zero attached hydrogens (tertiary/aromatic N) is 1. The summed E-state index contributed by atoms with van der Waals surface area (Å²) < 4.78 is 0. The van der Waals surface area contributed by atoms with Gasteiger partial charge in [-0.2, -0.15) is 0 Å². The first-order valence-corrected chi connectivity index (χ1v) is 18.0. The number of hydrogen-bond acceptors (Lipinski definition) is 1. The predicted molar refractivity (Wildman–Crippen MR) is 183 cm³/mol. The molecule has 0 aromatic heterocycles. The van der Waals surface area contributed by atoms with Crippen LogP contribution in [0, 0.1) is 52.3 Å². The fraction of sp³-hybridized carbons (Fsp3) is 0.974. The normalized spacial score (nSPS) is 36.6. The maximum absolute atomic E-state index is 3.61. The molecule has 1 nitrogen and oxygen atoms in total. The second-order valence-corrected chi connectivity index (χ2v) is 13.4. The Bertz CT molecular complexity index is 575. The van der Waals surface area contributed by atoms with Crippen molar-refractivity contribution in [3.8, 4) is 0 Å². The zero-order chi connectivity index (χ0) is 30.6. The van der Waals surface area contributed by atoms with Crippen molar-refractivity contribution in [1.82, 2.24) is 0 Å². The van der Waals surface area contributed by atoms with Crippen LogP contribution >= 0.6 is 0 Å². The van der Waals surface area contributed by atoms with Gasteiger partial charge in [-0.3, -0.25) is 0 Å². The van der Waals surface area contributed by atoms with Crippen LogP contribution in [0.5, 0.6) is 0 Å². The second-order valence-electron chi connectivity index (χ2n) is 13.4. The average Bonchev–Trinajstić information content (AvgIpc) is 3.32. The Morgan fingerprint density at radius 1 is 0.744 bits per heavy atom. The standard InChI is InChI=1S/C25H44.C3H7N.2C3H8.2C2H6/c1-6-17(3)22-10-11-23-21-9-8-18-16-24(4,7-2)14-12-19(18)20(21)13-15-25(22,23)5;1-3-4-2;2*1-3-2;2*1-2/h17-23H,6-16H2,1-5H3;3H,1-2H3;2*3H2,1-2H3;2*1-2H3/t17-,18?,19?,20?,21?,22?,23?,24+,25?;;;;;/m1...../s1. The topological polar surface area (TPSA) is 12.4 Å². The van der Waals surface area contributed by atoms with Crippen LogP contribution < -0.4 is 0 Å². The minimum absolute atomic E-state index is 0.673. The van der Waals surface area contributed by atoms with Gasteiger partial charge >= 0.3 is 0 Å². The summed E-state index contributed by atoms with van der Waals surface area (Å²) in [5.41, 5.74) is 1.36. The van der Waals surface area contributed by atoms with Crippen molar-refractivity contribution < 1.29 is 0 Å². The predicted octanol–water partition coefficient (Wildman–Crippen LogP) is 13.3. The van der Waals surface area contributed by atoms with Crippen molar-refractivity contribution in [2.75, 3.05) is 7.05 Å². The number of aliphatic imine (C=N–C) groups is 1. The summed E-state index contributed by atoms with van der Waals surface area (Å²) in [6, 6.07) is 0. The lowest BCUT2D eigenvalue weighted by Crippen LogP contribution is -2.49. The van der Waals surface area contributed by atoms with Gasteiger partial charge < -0.3 is 4.99 Å². The summed E-state index contributed by atoms with van der Waals surface area (Å²) in [5, 5.41) is 0. The molecule has 0 heterocycles. The summed E-state index contributed by atoms with van der Waals surface area (Å²) in [7, 11) is 1.75. The molecule has 236 valence electrons. The first-order valence-electron chi connectivity index (χ1n) is 18.0. The summed E-state index contributed by atoms with van der Waals surface area (Å²) in [5.74, 6) is 7.43. The minimum atomic E-state index is 0.673. The first kappa shape index (κ1) is 40.8. The lowest BCUT2D eigenvalue weighted by molar-refractivity contribution is -0.0831. The zero-order valence-corrected chi connectivity index (χ0v) is 30.3. The first-order chi connectivity index (χ1) is 18.7. The summed E-state index contributed by atoms with van der Waals surface area (Å²) in [4.78, 5) is 3.61. The lowest BCUT2D eigenvalue weighted by atomic mass is 9.47. The van der Waals surface area contributed by atoms with Gasteiger partial charge in [0.05, 0.1) is 0 Å². The van der Waals surface area contributed by atoms with Gasteiger partial charge in [0, 0.05) is 7.05 Å². The van der Waals surface area contributed by atoms with Crippen molar-refractivity contribution >= 4 is 6.21 Å². The molecule has 0 amide bonds. The molecule has 7 unspecified atom stereocenters. The van der Waals surface area contributed by atoms with E-state index in [2.05, 4.69) is 67.3 Å². The lowest BCUT2D eigenvalue weighted by Gasteiger charge is -2.58. The van der Waals surface area contributed by atoms with Gasteiger partial charge in [-0.15, -0.1) is 0 Å². The van der Waals surface area contributed by atoms with Crippen LogP contribution in [0.4, 0.5) is 0 Å². The summed E-state index contributed by atoms with van der Waals surface area (Å²) in [6.45, 7) is 31.1.